The van der Waals surface area contributed by atoms with Crippen LogP contribution in [0.5, 0.6) is 0 Å². The van der Waals surface area contributed by atoms with E-state index in [1.54, 1.807) is 0 Å². The van der Waals surface area contributed by atoms with Gasteiger partial charge in [0.05, 0.1) is 0 Å². The molecule has 2 rings (SSSR count). The predicted molar refractivity (Wildman–Crippen MR) is 103 cm³/mol. The van der Waals surface area contributed by atoms with Crippen LogP contribution in [0, 0.1) is 0 Å². The van der Waals surface area contributed by atoms with Crippen molar-refractivity contribution in [3.63, 3.8) is 0 Å². The summed E-state index contributed by atoms with van der Waals surface area (Å²) in [7, 11) is 0. The third kappa shape index (κ3) is 5.42. The van der Waals surface area contributed by atoms with Gasteiger partial charge in [-0.05, 0) is 56.5 Å². The fraction of sp³-hybridized carbons (Fsp3) is 0.455. The first-order valence-corrected chi connectivity index (χ1v) is 9.15. The lowest BCUT2D eigenvalue weighted by Gasteiger charge is -2.29. The SMILES string of the molecule is CCCCCCCc1ccc(N(c2ccccc2)C(C)C)cc1. The molecule has 2 aromatic rings. The van der Waals surface area contributed by atoms with Crippen LogP contribution in [0.3, 0.4) is 0 Å². The Labute approximate surface area is 142 Å². The number of para-hydroxylation sites is 1. The molecular formula is C22H31N. The maximum Gasteiger partial charge on any atom is 0.0413 e. The first-order chi connectivity index (χ1) is 11.2. The van der Waals surface area contributed by atoms with Gasteiger partial charge >= 0.3 is 0 Å². The van der Waals surface area contributed by atoms with Crippen molar-refractivity contribution in [2.24, 2.45) is 0 Å². The molecule has 0 unspecified atom stereocenters. The van der Waals surface area contributed by atoms with Crippen molar-refractivity contribution in [1.29, 1.82) is 0 Å². The molecule has 23 heavy (non-hydrogen) atoms. The third-order valence-corrected chi connectivity index (χ3v) is 4.33. The fourth-order valence-electron chi connectivity index (χ4n) is 3.09. The molecule has 124 valence electrons. The van der Waals surface area contributed by atoms with Crippen molar-refractivity contribution in [1.82, 2.24) is 0 Å². The summed E-state index contributed by atoms with van der Waals surface area (Å²) in [5, 5.41) is 0. The number of hydrogen-bond donors (Lipinski definition) is 0. The summed E-state index contributed by atoms with van der Waals surface area (Å²) in [4.78, 5) is 2.39. The largest absolute Gasteiger partial charge is 0.339 e. The first-order valence-electron chi connectivity index (χ1n) is 9.15. The molecule has 0 aliphatic carbocycles. The summed E-state index contributed by atoms with van der Waals surface area (Å²) in [6, 6.07) is 20.2. The van der Waals surface area contributed by atoms with Crippen LogP contribution in [0.25, 0.3) is 0 Å². The van der Waals surface area contributed by atoms with Gasteiger partial charge in [-0.1, -0.05) is 62.9 Å². The van der Waals surface area contributed by atoms with E-state index in [-0.39, 0.29) is 0 Å². The molecule has 0 aliphatic heterocycles. The molecule has 0 N–H and O–H groups in total. The minimum Gasteiger partial charge on any atom is -0.339 e. The Balaban J connectivity index is 1.99. The molecule has 0 saturated heterocycles. The van der Waals surface area contributed by atoms with Crippen LogP contribution in [-0.2, 0) is 6.42 Å². The molecule has 0 amide bonds. The van der Waals surface area contributed by atoms with E-state index in [0.717, 1.165) is 0 Å². The summed E-state index contributed by atoms with van der Waals surface area (Å²) in [6.45, 7) is 6.76. The monoisotopic (exact) mass is 309 g/mol. The van der Waals surface area contributed by atoms with E-state index in [9.17, 15) is 0 Å². The Morgan fingerprint density at radius 2 is 1.35 bits per heavy atom. The molecule has 0 bridgehead atoms. The first kappa shape index (κ1) is 17.6. The highest BCUT2D eigenvalue weighted by molar-refractivity contribution is 5.64. The average Bonchev–Trinajstić information content (AvgIpc) is 2.57. The molecule has 0 heterocycles. The van der Waals surface area contributed by atoms with Gasteiger partial charge in [0.25, 0.3) is 0 Å². The standard InChI is InChI=1S/C22H31N/c1-4-5-6-7-9-12-20-15-17-22(18-16-20)23(19(2)3)21-13-10-8-11-14-21/h8,10-11,13-19H,4-7,9,12H2,1-3H3. The van der Waals surface area contributed by atoms with Crippen molar-refractivity contribution in [3.05, 3.63) is 60.2 Å². The van der Waals surface area contributed by atoms with E-state index in [2.05, 4.69) is 80.3 Å². The van der Waals surface area contributed by atoms with Gasteiger partial charge in [0.15, 0.2) is 0 Å². The minimum atomic E-state index is 0.442. The zero-order chi connectivity index (χ0) is 16.5. The molecule has 0 aliphatic rings. The summed E-state index contributed by atoms with van der Waals surface area (Å²) in [5.74, 6) is 0. The van der Waals surface area contributed by atoms with Crippen LogP contribution in [0.1, 0.15) is 58.4 Å². The van der Waals surface area contributed by atoms with Crippen LogP contribution >= 0.6 is 0 Å². The Bertz CT molecular complexity index is 542. The van der Waals surface area contributed by atoms with Crippen molar-refractivity contribution in [3.8, 4) is 0 Å². The maximum absolute atomic E-state index is 2.39. The van der Waals surface area contributed by atoms with Gasteiger partial charge in [0.2, 0.25) is 0 Å². The normalized spacial score (nSPS) is 11.0. The highest BCUT2D eigenvalue weighted by Crippen LogP contribution is 2.28. The molecule has 1 heteroatoms. The van der Waals surface area contributed by atoms with Crippen LogP contribution < -0.4 is 4.90 Å². The van der Waals surface area contributed by atoms with E-state index in [4.69, 9.17) is 0 Å². The number of benzene rings is 2. The number of aryl methyl sites for hydroxylation is 1. The molecule has 0 aromatic heterocycles. The van der Waals surface area contributed by atoms with Gasteiger partial charge in [-0.2, -0.15) is 0 Å². The molecule has 2 aromatic carbocycles. The van der Waals surface area contributed by atoms with Crippen LogP contribution in [-0.4, -0.2) is 6.04 Å². The highest BCUT2D eigenvalue weighted by atomic mass is 15.2. The Morgan fingerprint density at radius 3 is 1.96 bits per heavy atom. The van der Waals surface area contributed by atoms with Crippen molar-refractivity contribution in [2.45, 2.75) is 65.3 Å². The van der Waals surface area contributed by atoms with Crippen molar-refractivity contribution >= 4 is 11.4 Å². The number of nitrogens with zero attached hydrogens (tertiary/aromatic N) is 1. The number of anilines is 2. The van der Waals surface area contributed by atoms with Gasteiger partial charge in [0, 0.05) is 17.4 Å². The third-order valence-electron chi connectivity index (χ3n) is 4.33. The molecular weight excluding hydrogens is 278 g/mol. The van der Waals surface area contributed by atoms with Gasteiger partial charge in [-0.15, -0.1) is 0 Å². The second kappa shape index (κ2) is 9.39. The van der Waals surface area contributed by atoms with E-state index >= 15 is 0 Å². The number of rotatable bonds is 9. The second-order valence-corrected chi connectivity index (χ2v) is 6.63. The van der Waals surface area contributed by atoms with Crippen LogP contribution in [0.2, 0.25) is 0 Å². The minimum absolute atomic E-state index is 0.442. The van der Waals surface area contributed by atoms with E-state index in [1.165, 1.54) is 55.5 Å². The zero-order valence-corrected chi connectivity index (χ0v) is 15.0. The van der Waals surface area contributed by atoms with Gasteiger partial charge in [0.1, 0.15) is 0 Å². The molecule has 0 saturated carbocycles. The molecule has 0 radical (unpaired) electrons. The zero-order valence-electron chi connectivity index (χ0n) is 15.0. The van der Waals surface area contributed by atoms with Crippen LogP contribution in [0.4, 0.5) is 11.4 Å². The van der Waals surface area contributed by atoms with Crippen molar-refractivity contribution < 1.29 is 0 Å². The molecule has 0 spiro atoms. The average molecular weight is 309 g/mol. The Kier molecular flexibility index (Phi) is 7.19. The highest BCUT2D eigenvalue weighted by Gasteiger charge is 2.12. The molecule has 0 atom stereocenters. The Hall–Kier alpha value is -1.76. The van der Waals surface area contributed by atoms with Gasteiger partial charge in [-0.25, -0.2) is 0 Å². The lowest BCUT2D eigenvalue weighted by atomic mass is 10.0. The van der Waals surface area contributed by atoms with E-state index < -0.39 is 0 Å². The molecule has 0 fully saturated rings. The summed E-state index contributed by atoms with van der Waals surface area (Å²) in [6.07, 6.45) is 7.95. The fourth-order valence-corrected chi connectivity index (χ4v) is 3.09. The van der Waals surface area contributed by atoms with E-state index in [1.807, 2.05) is 0 Å². The maximum atomic E-state index is 2.39. The lowest BCUT2D eigenvalue weighted by molar-refractivity contribution is 0.632. The lowest BCUT2D eigenvalue weighted by Crippen LogP contribution is -2.25. The summed E-state index contributed by atoms with van der Waals surface area (Å²) >= 11 is 0. The summed E-state index contributed by atoms with van der Waals surface area (Å²) < 4.78 is 0. The van der Waals surface area contributed by atoms with Gasteiger partial charge in [-0.3, -0.25) is 0 Å². The van der Waals surface area contributed by atoms with Crippen molar-refractivity contribution in [2.75, 3.05) is 4.90 Å². The van der Waals surface area contributed by atoms with Gasteiger partial charge < -0.3 is 4.90 Å². The smallest absolute Gasteiger partial charge is 0.0413 e. The summed E-state index contributed by atoms with van der Waals surface area (Å²) in [5.41, 5.74) is 4.00. The molecule has 1 nitrogen and oxygen atoms in total. The quantitative estimate of drug-likeness (QED) is 0.463. The topological polar surface area (TPSA) is 3.24 Å². The number of hydrogen-bond acceptors (Lipinski definition) is 1. The van der Waals surface area contributed by atoms with Crippen LogP contribution in [0.15, 0.2) is 54.6 Å². The Morgan fingerprint density at radius 1 is 0.739 bits per heavy atom. The van der Waals surface area contributed by atoms with E-state index in [0.29, 0.717) is 6.04 Å². The number of unbranched alkanes of at least 4 members (excludes halogenated alkanes) is 4. The predicted octanol–water partition coefficient (Wildman–Crippen LogP) is 6.75. The second-order valence-electron chi connectivity index (χ2n) is 6.63.